The van der Waals surface area contributed by atoms with Gasteiger partial charge in [-0.05, 0) is 42.9 Å². The molecular weight excluding hydrogens is 529 g/mol. The Balaban J connectivity index is 1.26. The summed E-state index contributed by atoms with van der Waals surface area (Å²) >= 11 is 0. The van der Waals surface area contributed by atoms with Gasteiger partial charge in [-0.1, -0.05) is 6.07 Å². The molecule has 0 bridgehead atoms. The predicted molar refractivity (Wildman–Crippen MR) is 139 cm³/mol. The van der Waals surface area contributed by atoms with Crippen molar-refractivity contribution in [2.45, 2.75) is 12.7 Å². The number of nitrogens with zero attached hydrogens (tertiary/aromatic N) is 6. The molecule has 208 valence electrons. The number of anilines is 2. The summed E-state index contributed by atoms with van der Waals surface area (Å²) in [5.41, 5.74) is 0.401. The number of aromatic nitrogens is 4. The fourth-order valence-electron chi connectivity index (χ4n) is 4.13. The summed E-state index contributed by atoms with van der Waals surface area (Å²) in [5.74, 6) is 0.740. The minimum atomic E-state index is -4.55. The SMILES string of the molecule is CN1CCN(Cc2cc(NC(=O)Nc3cccc(Oc4cc(-c5nnco5)ncn4)c3)cc(C(F)(F)F)c2)CC1. The first kappa shape index (κ1) is 27.0. The van der Waals surface area contributed by atoms with Gasteiger partial charge in [0, 0.05) is 56.2 Å². The van der Waals surface area contributed by atoms with Crippen LogP contribution in [-0.2, 0) is 12.7 Å². The first-order valence-electron chi connectivity index (χ1n) is 12.3. The Morgan fingerprint density at radius 3 is 2.58 bits per heavy atom. The second-order valence-corrected chi connectivity index (χ2v) is 9.19. The van der Waals surface area contributed by atoms with Gasteiger partial charge in [-0.2, -0.15) is 13.2 Å². The largest absolute Gasteiger partial charge is 0.439 e. The van der Waals surface area contributed by atoms with E-state index in [1.54, 1.807) is 30.3 Å². The van der Waals surface area contributed by atoms with Crippen LogP contribution in [0.25, 0.3) is 11.6 Å². The molecule has 3 heterocycles. The maximum Gasteiger partial charge on any atom is 0.416 e. The number of hydrogen-bond donors (Lipinski definition) is 2. The molecule has 5 rings (SSSR count). The average Bonchev–Trinajstić information content (AvgIpc) is 3.45. The summed E-state index contributed by atoms with van der Waals surface area (Å²) < 4.78 is 51.7. The molecule has 2 aromatic heterocycles. The minimum Gasteiger partial charge on any atom is -0.439 e. The molecule has 0 aliphatic carbocycles. The van der Waals surface area contributed by atoms with Crippen LogP contribution in [0.2, 0.25) is 0 Å². The van der Waals surface area contributed by atoms with Gasteiger partial charge in [0.05, 0.1) is 5.56 Å². The highest BCUT2D eigenvalue weighted by Crippen LogP contribution is 2.33. The lowest BCUT2D eigenvalue weighted by molar-refractivity contribution is -0.137. The number of rotatable bonds is 7. The number of nitrogens with one attached hydrogen (secondary N) is 2. The Hall–Kier alpha value is -4.56. The molecule has 1 saturated heterocycles. The Bertz CT molecular complexity index is 1460. The number of hydrogen-bond acceptors (Lipinski definition) is 9. The minimum absolute atomic E-state index is 0.0402. The van der Waals surface area contributed by atoms with Gasteiger partial charge in [0.2, 0.25) is 12.3 Å². The topological polar surface area (TPSA) is 122 Å². The number of carbonyl (C=O) groups excluding carboxylic acids is 1. The van der Waals surface area contributed by atoms with E-state index >= 15 is 0 Å². The van der Waals surface area contributed by atoms with Crippen molar-refractivity contribution in [3.8, 4) is 23.2 Å². The Morgan fingerprint density at radius 2 is 1.82 bits per heavy atom. The van der Waals surface area contributed by atoms with Crippen molar-refractivity contribution < 1.29 is 27.1 Å². The van der Waals surface area contributed by atoms with E-state index in [2.05, 4.69) is 40.6 Å². The van der Waals surface area contributed by atoms with Crippen LogP contribution in [0.4, 0.5) is 29.3 Å². The summed E-state index contributed by atoms with van der Waals surface area (Å²) in [6.07, 6.45) is -2.11. The number of likely N-dealkylation sites (N-methyl/N-ethyl adjacent to an activating group) is 1. The molecule has 0 saturated carbocycles. The molecule has 14 heteroatoms. The first-order chi connectivity index (χ1) is 19.2. The highest BCUT2D eigenvalue weighted by molar-refractivity contribution is 6.00. The lowest BCUT2D eigenvalue weighted by atomic mass is 10.1. The van der Waals surface area contributed by atoms with Crippen LogP contribution in [0.15, 0.2) is 65.7 Å². The predicted octanol–water partition coefficient (Wildman–Crippen LogP) is 4.73. The summed E-state index contributed by atoms with van der Waals surface area (Å²) in [5, 5.41) is 12.5. The summed E-state index contributed by atoms with van der Waals surface area (Å²) in [7, 11) is 2.01. The van der Waals surface area contributed by atoms with Crippen LogP contribution in [-0.4, -0.2) is 69.2 Å². The third-order valence-corrected chi connectivity index (χ3v) is 6.12. The number of carbonyl (C=O) groups is 1. The third kappa shape index (κ3) is 7.09. The van der Waals surface area contributed by atoms with Crippen molar-refractivity contribution in [3.05, 3.63) is 72.4 Å². The molecule has 4 aromatic rings. The number of piperazine rings is 1. The zero-order valence-corrected chi connectivity index (χ0v) is 21.4. The quantitative estimate of drug-likeness (QED) is 0.334. The molecule has 1 aliphatic heterocycles. The van der Waals surface area contributed by atoms with E-state index in [0.717, 1.165) is 38.3 Å². The normalized spacial score (nSPS) is 14.6. The Kier molecular flexibility index (Phi) is 7.89. The van der Waals surface area contributed by atoms with Gasteiger partial charge in [0.15, 0.2) is 0 Å². The number of amides is 2. The van der Waals surface area contributed by atoms with Crippen molar-refractivity contribution in [1.82, 2.24) is 30.0 Å². The molecule has 11 nitrogen and oxygen atoms in total. The number of benzene rings is 2. The molecule has 2 amide bonds. The van der Waals surface area contributed by atoms with Gasteiger partial charge in [-0.25, -0.2) is 14.8 Å². The van der Waals surface area contributed by atoms with E-state index in [-0.39, 0.29) is 17.5 Å². The van der Waals surface area contributed by atoms with Crippen LogP contribution in [0.1, 0.15) is 11.1 Å². The molecule has 2 aromatic carbocycles. The number of ether oxygens (including phenoxy) is 1. The fourth-order valence-corrected chi connectivity index (χ4v) is 4.13. The number of halogens is 3. The Morgan fingerprint density at radius 1 is 1.02 bits per heavy atom. The van der Waals surface area contributed by atoms with Crippen LogP contribution < -0.4 is 15.4 Å². The summed E-state index contributed by atoms with van der Waals surface area (Å²) in [4.78, 5) is 25.1. The van der Waals surface area contributed by atoms with Crippen LogP contribution in [0.3, 0.4) is 0 Å². The molecule has 1 fully saturated rings. The maximum absolute atomic E-state index is 13.6. The summed E-state index contributed by atoms with van der Waals surface area (Å²) in [6.45, 7) is 3.53. The Labute approximate surface area is 227 Å². The van der Waals surface area contributed by atoms with Gasteiger partial charge >= 0.3 is 12.2 Å². The van der Waals surface area contributed by atoms with Crippen molar-refractivity contribution in [2.24, 2.45) is 0 Å². The van der Waals surface area contributed by atoms with E-state index in [9.17, 15) is 18.0 Å². The summed E-state index contributed by atoms with van der Waals surface area (Å²) in [6, 6.07) is 10.8. The highest BCUT2D eigenvalue weighted by Gasteiger charge is 2.31. The number of urea groups is 1. The van der Waals surface area contributed by atoms with E-state index < -0.39 is 17.8 Å². The lowest BCUT2D eigenvalue weighted by Gasteiger charge is -2.32. The van der Waals surface area contributed by atoms with E-state index in [0.29, 0.717) is 29.2 Å². The van der Waals surface area contributed by atoms with Crippen molar-refractivity contribution in [2.75, 3.05) is 43.9 Å². The van der Waals surface area contributed by atoms with Crippen LogP contribution >= 0.6 is 0 Å². The highest BCUT2D eigenvalue weighted by atomic mass is 19.4. The van der Waals surface area contributed by atoms with E-state index in [1.165, 1.54) is 18.8 Å². The second kappa shape index (κ2) is 11.7. The zero-order valence-electron chi connectivity index (χ0n) is 21.4. The van der Waals surface area contributed by atoms with Crippen LogP contribution in [0.5, 0.6) is 11.6 Å². The monoisotopic (exact) mass is 554 g/mol. The zero-order chi connectivity index (χ0) is 28.1. The first-order valence-corrected chi connectivity index (χ1v) is 12.3. The van der Waals surface area contributed by atoms with Crippen molar-refractivity contribution in [3.63, 3.8) is 0 Å². The molecular formula is C26H25F3N8O3. The van der Waals surface area contributed by atoms with Crippen molar-refractivity contribution >= 4 is 17.4 Å². The standard InChI is InChI=1S/C26H25F3N8O3/c1-36-5-7-37(8-6-36)14-17-9-18(26(27,28)29)11-20(10-17)34-25(38)33-19-3-2-4-21(12-19)40-23-13-22(30-15-31-23)24-35-32-16-39-24/h2-4,9-13,15-16H,5-8,14H2,1H3,(H2,33,34,38). The number of alkyl halides is 3. The maximum atomic E-state index is 13.6. The van der Waals surface area contributed by atoms with Gasteiger partial charge in [0.25, 0.3) is 5.89 Å². The third-order valence-electron chi connectivity index (χ3n) is 6.12. The van der Waals surface area contributed by atoms with Gasteiger partial charge in [-0.3, -0.25) is 4.90 Å². The molecule has 2 N–H and O–H groups in total. The smallest absolute Gasteiger partial charge is 0.416 e. The van der Waals surface area contributed by atoms with E-state index in [4.69, 9.17) is 9.15 Å². The molecule has 1 aliphatic rings. The fraction of sp³-hybridized carbons (Fsp3) is 0.269. The van der Waals surface area contributed by atoms with Crippen molar-refractivity contribution in [1.29, 1.82) is 0 Å². The molecule has 0 unspecified atom stereocenters. The van der Waals surface area contributed by atoms with Gasteiger partial charge in [0.1, 0.15) is 17.8 Å². The second-order valence-electron chi connectivity index (χ2n) is 9.19. The molecule has 0 atom stereocenters. The van der Waals surface area contributed by atoms with Crippen LogP contribution in [0, 0.1) is 0 Å². The average molecular weight is 555 g/mol. The molecule has 40 heavy (non-hydrogen) atoms. The molecule has 0 radical (unpaired) electrons. The molecule has 0 spiro atoms. The lowest BCUT2D eigenvalue weighted by Crippen LogP contribution is -2.43. The van der Waals surface area contributed by atoms with Gasteiger partial charge in [-0.15, -0.1) is 10.2 Å². The van der Waals surface area contributed by atoms with E-state index in [1.807, 2.05) is 7.05 Å². The van der Waals surface area contributed by atoms with Gasteiger partial charge < -0.3 is 24.7 Å².